The molecule has 3 aromatic rings. The Labute approximate surface area is 190 Å². The second-order valence-corrected chi connectivity index (χ2v) is 8.62. The van der Waals surface area contributed by atoms with Gasteiger partial charge in [-0.1, -0.05) is 11.2 Å². The predicted molar refractivity (Wildman–Crippen MR) is 120 cm³/mol. The molecule has 8 nitrogen and oxygen atoms in total. The zero-order chi connectivity index (χ0) is 23.1. The van der Waals surface area contributed by atoms with Gasteiger partial charge in [0.1, 0.15) is 5.82 Å². The largest absolute Gasteiger partial charge is 0.368 e. The summed E-state index contributed by atoms with van der Waals surface area (Å²) in [5.41, 5.74) is 3.14. The van der Waals surface area contributed by atoms with E-state index in [0.717, 1.165) is 18.4 Å². The minimum Gasteiger partial charge on any atom is -0.368 e. The molecule has 1 unspecified atom stereocenters. The average molecular weight is 449 g/mol. The Bertz CT molecular complexity index is 1240. The molecular formula is C24H24FN5O3. The topological polar surface area (TPSA) is 91.6 Å². The number of carbonyl (C=O) groups excluding carboxylic acids is 2. The summed E-state index contributed by atoms with van der Waals surface area (Å²) in [7, 11) is 1.76. The van der Waals surface area contributed by atoms with Crippen LogP contribution in [0.15, 0.2) is 40.9 Å². The standard InChI is InChI=1S/C24H24FN5O3/c1-14-26-23(33-28-14)15-6-8-21(20(25)10-15)30-9-3-4-17(13-30)22(31)27-18-7-5-16-12-29(2)24(32)19(16)11-18/h5-8,10-11,17H,3-4,9,12-13H2,1-2H3,(H,27,31). The molecule has 0 saturated carbocycles. The molecule has 2 amide bonds. The van der Waals surface area contributed by atoms with Gasteiger partial charge in [-0.15, -0.1) is 0 Å². The Morgan fingerprint density at radius 3 is 2.85 bits per heavy atom. The number of nitrogens with one attached hydrogen (secondary N) is 1. The summed E-state index contributed by atoms with van der Waals surface area (Å²) in [5, 5.41) is 6.68. The minimum absolute atomic E-state index is 0.0421. The minimum atomic E-state index is -0.398. The second-order valence-electron chi connectivity index (χ2n) is 8.62. The van der Waals surface area contributed by atoms with E-state index in [-0.39, 0.29) is 23.6 Å². The molecule has 1 fully saturated rings. The first-order valence-corrected chi connectivity index (χ1v) is 10.9. The van der Waals surface area contributed by atoms with Crippen LogP contribution >= 0.6 is 0 Å². The van der Waals surface area contributed by atoms with Crippen LogP contribution in [-0.2, 0) is 11.3 Å². The Hall–Kier alpha value is -3.75. The molecule has 1 atom stereocenters. The van der Waals surface area contributed by atoms with E-state index in [1.54, 1.807) is 37.1 Å². The number of fused-ring (bicyclic) bond motifs is 1. The van der Waals surface area contributed by atoms with E-state index >= 15 is 0 Å². The fourth-order valence-electron chi connectivity index (χ4n) is 4.49. The second kappa shape index (κ2) is 8.31. The van der Waals surface area contributed by atoms with Crippen LogP contribution in [0.25, 0.3) is 11.5 Å². The van der Waals surface area contributed by atoms with Crippen LogP contribution in [0.2, 0.25) is 0 Å². The normalized spacial score (nSPS) is 17.9. The molecule has 9 heteroatoms. The summed E-state index contributed by atoms with van der Waals surface area (Å²) in [5.74, 6) is -0.0999. The van der Waals surface area contributed by atoms with Crippen molar-refractivity contribution in [2.75, 3.05) is 30.4 Å². The predicted octanol–water partition coefficient (Wildman–Crippen LogP) is 3.62. The van der Waals surface area contributed by atoms with Crippen LogP contribution in [0.4, 0.5) is 15.8 Å². The fraction of sp³-hybridized carbons (Fsp3) is 0.333. The maximum absolute atomic E-state index is 14.9. The average Bonchev–Trinajstić information content (AvgIpc) is 3.37. The number of rotatable bonds is 4. The number of carbonyl (C=O) groups is 2. The van der Waals surface area contributed by atoms with Gasteiger partial charge >= 0.3 is 0 Å². The molecule has 5 rings (SSSR count). The molecule has 0 bridgehead atoms. The molecule has 170 valence electrons. The Balaban J connectivity index is 1.28. The molecule has 1 saturated heterocycles. The van der Waals surface area contributed by atoms with E-state index in [0.29, 0.717) is 48.0 Å². The summed E-state index contributed by atoms with van der Waals surface area (Å²) >= 11 is 0. The molecule has 1 N–H and O–H groups in total. The van der Waals surface area contributed by atoms with E-state index in [2.05, 4.69) is 15.5 Å². The smallest absolute Gasteiger partial charge is 0.258 e. The number of nitrogens with zero attached hydrogens (tertiary/aromatic N) is 4. The molecule has 33 heavy (non-hydrogen) atoms. The Morgan fingerprint density at radius 2 is 2.09 bits per heavy atom. The van der Waals surface area contributed by atoms with Crippen molar-refractivity contribution >= 4 is 23.2 Å². The van der Waals surface area contributed by atoms with Gasteiger partial charge in [0.15, 0.2) is 5.82 Å². The van der Waals surface area contributed by atoms with Gasteiger partial charge in [0.05, 0.1) is 11.6 Å². The van der Waals surface area contributed by atoms with E-state index in [1.807, 2.05) is 17.0 Å². The lowest BCUT2D eigenvalue weighted by Gasteiger charge is -2.34. The molecule has 0 radical (unpaired) electrons. The van der Waals surface area contributed by atoms with Crippen molar-refractivity contribution in [2.45, 2.75) is 26.3 Å². The van der Waals surface area contributed by atoms with Gasteiger partial charge in [0.25, 0.3) is 11.8 Å². The molecule has 3 heterocycles. The molecule has 1 aromatic heterocycles. The number of benzene rings is 2. The van der Waals surface area contributed by atoms with Crippen LogP contribution in [0.3, 0.4) is 0 Å². The lowest BCUT2D eigenvalue weighted by molar-refractivity contribution is -0.120. The quantitative estimate of drug-likeness (QED) is 0.654. The molecule has 0 aliphatic carbocycles. The van der Waals surface area contributed by atoms with Crippen molar-refractivity contribution < 1.29 is 18.5 Å². The van der Waals surface area contributed by atoms with Gasteiger partial charge in [-0.3, -0.25) is 9.59 Å². The van der Waals surface area contributed by atoms with E-state index < -0.39 is 5.82 Å². The van der Waals surface area contributed by atoms with Crippen molar-refractivity contribution in [3.05, 3.63) is 59.2 Å². The van der Waals surface area contributed by atoms with Crippen LogP contribution in [0, 0.1) is 18.7 Å². The third kappa shape index (κ3) is 4.06. The highest BCUT2D eigenvalue weighted by atomic mass is 19.1. The van der Waals surface area contributed by atoms with Gasteiger partial charge in [-0.05, 0) is 55.7 Å². The van der Waals surface area contributed by atoms with Crippen molar-refractivity contribution in [1.29, 1.82) is 0 Å². The fourth-order valence-corrected chi connectivity index (χ4v) is 4.49. The van der Waals surface area contributed by atoms with Crippen LogP contribution < -0.4 is 10.2 Å². The number of piperidine rings is 1. The molecule has 2 aliphatic heterocycles. The van der Waals surface area contributed by atoms with Crippen molar-refractivity contribution in [1.82, 2.24) is 15.0 Å². The molecule has 2 aliphatic rings. The zero-order valence-electron chi connectivity index (χ0n) is 18.5. The number of halogens is 1. The monoisotopic (exact) mass is 449 g/mol. The van der Waals surface area contributed by atoms with Gasteiger partial charge < -0.3 is 19.6 Å². The Kier molecular flexibility index (Phi) is 5.32. The highest BCUT2D eigenvalue weighted by Crippen LogP contribution is 2.30. The highest BCUT2D eigenvalue weighted by Gasteiger charge is 2.29. The van der Waals surface area contributed by atoms with E-state index in [1.165, 1.54) is 6.07 Å². The summed E-state index contributed by atoms with van der Waals surface area (Å²) < 4.78 is 20.0. The Morgan fingerprint density at radius 1 is 1.24 bits per heavy atom. The van der Waals surface area contributed by atoms with Crippen LogP contribution in [-0.4, -0.2) is 47.0 Å². The maximum Gasteiger partial charge on any atom is 0.258 e. The van der Waals surface area contributed by atoms with Gasteiger partial charge in [-0.2, -0.15) is 4.98 Å². The summed E-state index contributed by atoms with van der Waals surface area (Å²) in [4.78, 5) is 32.9. The first-order valence-electron chi connectivity index (χ1n) is 10.9. The lowest BCUT2D eigenvalue weighted by atomic mass is 9.96. The number of hydrogen-bond acceptors (Lipinski definition) is 6. The third-order valence-corrected chi connectivity index (χ3v) is 6.22. The molecular weight excluding hydrogens is 425 g/mol. The number of aryl methyl sites for hydroxylation is 1. The van der Waals surface area contributed by atoms with Crippen molar-refractivity contribution in [3.8, 4) is 11.5 Å². The molecule has 0 spiro atoms. The third-order valence-electron chi connectivity index (χ3n) is 6.22. The van der Waals surface area contributed by atoms with Gasteiger partial charge in [0, 0.05) is 43.5 Å². The number of anilines is 2. The zero-order valence-corrected chi connectivity index (χ0v) is 18.5. The first-order chi connectivity index (χ1) is 15.9. The van der Waals surface area contributed by atoms with Crippen LogP contribution in [0.5, 0.6) is 0 Å². The highest BCUT2D eigenvalue weighted by molar-refractivity contribution is 6.00. The lowest BCUT2D eigenvalue weighted by Crippen LogP contribution is -2.41. The number of aromatic nitrogens is 2. The molecule has 2 aromatic carbocycles. The summed E-state index contributed by atoms with van der Waals surface area (Å²) in [6.07, 6.45) is 1.49. The van der Waals surface area contributed by atoms with E-state index in [9.17, 15) is 14.0 Å². The number of amides is 2. The van der Waals surface area contributed by atoms with Crippen LogP contribution in [0.1, 0.15) is 34.6 Å². The van der Waals surface area contributed by atoms with Crippen molar-refractivity contribution in [3.63, 3.8) is 0 Å². The van der Waals surface area contributed by atoms with Gasteiger partial charge in [0.2, 0.25) is 5.91 Å². The maximum atomic E-state index is 14.9. The summed E-state index contributed by atoms with van der Waals surface area (Å²) in [6, 6.07) is 10.2. The SMILES string of the molecule is Cc1noc(-c2ccc(N3CCCC(C(=O)Nc4ccc5c(c4)C(=O)N(C)C5)C3)c(F)c2)n1. The van der Waals surface area contributed by atoms with Gasteiger partial charge in [-0.25, -0.2) is 4.39 Å². The van der Waals surface area contributed by atoms with Crippen molar-refractivity contribution in [2.24, 2.45) is 5.92 Å². The summed E-state index contributed by atoms with van der Waals surface area (Å²) in [6.45, 7) is 3.36. The first kappa shape index (κ1) is 21.1. The number of hydrogen-bond donors (Lipinski definition) is 1. The van der Waals surface area contributed by atoms with E-state index in [4.69, 9.17) is 4.52 Å².